The van der Waals surface area contributed by atoms with Gasteiger partial charge in [-0.15, -0.1) is 0 Å². The highest BCUT2D eigenvalue weighted by atomic mass is 16.6. The van der Waals surface area contributed by atoms with Crippen LogP contribution in [0.4, 0.5) is 5.69 Å². The predicted molar refractivity (Wildman–Crippen MR) is 86.4 cm³/mol. The van der Waals surface area contributed by atoms with Crippen molar-refractivity contribution < 1.29 is 14.5 Å². The zero-order valence-electron chi connectivity index (χ0n) is 13.4. The van der Waals surface area contributed by atoms with Gasteiger partial charge in [-0.2, -0.15) is 0 Å². The van der Waals surface area contributed by atoms with Crippen LogP contribution in [-0.2, 0) is 4.79 Å². The predicted octanol–water partition coefficient (Wildman–Crippen LogP) is 1.82. The van der Waals surface area contributed by atoms with Crippen molar-refractivity contribution in [3.05, 3.63) is 34.4 Å². The molecule has 0 atom stereocenters. The Morgan fingerprint density at radius 3 is 2.87 bits per heavy atom. The minimum atomic E-state index is -0.494. The topological polar surface area (TPSA) is 84.7 Å². The standard InChI is InChI=1S/C16H23N3O4/c1-13-5-8-18(9-6-13)10-7-17-16(20)12-23-15-4-2-3-14(11-15)19(21)22/h2-4,11,13H,5-10,12H2,1H3,(H,17,20). The minimum absolute atomic E-state index is 0.0535. The molecule has 1 heterocycles. The fourth-order valence-corrected chi connectivity index (χ4v) is 2.53. The van der Waals surface area contributed by atoms with Gasteiger partial charge < -0.3 is 15.0 Å². The maximum Gasteiger partial charge on any atom is 0.273 e. The molecule has 0 spiro atoms. The molecule has 1 amide bonds. The van der Waals surface area contributed by atoms with E-state index in [-0.39, 0.29) is 18.2 Å². The average Bonchev–Trinajstić information content (AvgIpc) is 2.55. The summed E-state index contributed by atoms with van der Waals surface area (Å²) >= 11 is 0. The number of likely N-dealkylation sites (tertiary alicyclic amines) is 1. The fourth-order valence-electron chi connectivity index (χ4n) is 2.53. The molecular weight excluding hydrogens is 298 g/mol. The quantitative estimate of drug-likeness (QED) is 0.611. The molecule has 0 radical (unpaired) electrons. The summed E-state index contributed by atoms with van der Waals surface area (Å²) in [5.41, 5.74) is -0.0535. The third-order valence-electron chi connectivity index (χ3n) is 4.02. The number of nitrogens with one attached hydrogen (secondary N) is 1. The van der Waals surface area contributed by atoms with E-state index in [0.29, 0.717) is 12.3 Å². The highest BCUT2D eigenvalue weighted by molar-refractivity contribution is 5.77. The third-order valence-corrected chi connectivity index (χ3v) is 4.02. The first-order valence-electron chi connectivity index (χ1n) is 7.91. The van der Waals surface area contributed by atoms with Crippen molar-refractivity contribution in [2.45, 2.75) is 19.8 Å². The first-order valence-corrected chi connectivity index (χ1v) is 7.91. The van der Waals surface area contributed by atoms with E-state index >= 15 is 0 Å². The Balaban J connectivity index is 1.65. The number of rotatable bonds is 7. The van der Waals surface area contributed by atoms with E-state index in [1.54, 1.807) is 6.07 Å². The van der Waals surface area contributed by atoms with Gasteiger partial charge in [-0.1, -0.05) is 13.0 Å². The summed E-state index contributed by atoms with van der Waals surface area (Å²) in [5.74, 6) is 0.894. The van der Waals surface area contributed by atoms with Gasteiger partial charge >= 0.3 is 0 Å². The lowest BCUT2D eigenvalue weighted by atomic mass is 9.99. The van der Waals surface area contributed by atoms with E-state index in [2.05, 4.69) is 17.1 Å². The molecule has 0 aliphatic carbocycles. The Kier molecular flexibility index (Phi) is 6.34. The highest BCUT2D eigenvalue weighted by Gasteiger charge is 2.15. The number of non-ortho nitro benzene ring substituents is 1. The van der Waals surface area contributed by atoms with Gasteiger partial charge in [0.2, 0.25) is 0 Å². The van der Waals surface area contributed by atoms with Crippen LogP contribution < -0.4 is 10.1 Å². The lowest BCUT2D eigenvalue weighted by Gasteiger charge is -2.30. The normalized spacial score (nSPS) is 16.0. The molecule has 0 aromatic heterocycles. The van der Waals surface area contributed by atoms with Crippen molar-refractivity contribution >= 4 is 11.6 Å². The zero-order chi connectivity index (χ0) is 16.7. The molecule has 1 saturated heterocycles. The molecule has 1 aliphatic rings. The van der Waals surface area contributed by atoms with Crippen LogP contribution in [0.5, 0.6) is 5.75 Å². The summed E-state index contributed by atoms with van der Waals surface area (Å²) in [4.78, 5) is 24.3. The van der Waals surface area contributed by atoms with Crippen LogP contribution in [0.1, 0.15) is 19.8 Å². The van der Waals surface area contributed by atoms with Crippen molar-refractivity contribution in [1.82, 2.24) is 10.2 Å². The maximum absolute atomic E-state index is 11.7. The SMILES string of the molecule is CC1CCN(CCNC(=O)COc2cccc([N+](=O)[O-])c2)CC1. The second-order valence-electron chi connectivity index (χ2n) is 5.92. The van der Waals surface area contributed by atoms with E-state index in [1.807, 2.05) is 0 Å². The van der Waals surface area contributed by atoms with E-state index < -0.39 is 4.92 Å². The Morgan fingerprint density at radius 2 is 2.17 bits per heavy atom. The molecule has 1 aromatic carbocycles. The number of benzene rings is 1. The Morgan fingerprint density at radius 1 is 1.43 bits per heavy atom. The number of carbonyl (C=O) groups excluding carboxylic acids is 1. The number of nitrogens with zero attached hydrogens (tertiary/aromatic N) is 2. The van der Waals surface area contributed by atoms with E-state index in [0.717, 1.165) is 25.6 Å². The van der Waals surface area contributed by atoms with Crippen LogP contribution in [0.2, 0.25) is 0 Å². The summed E-state index contributed by atoms with van der Waals surface area (Å²) in [5, 5.41) is 13.5. The summed E-state index contributed by atoms with van der Waals surface area (Å²) in [6, 6.07) is 5.81. The molecule has 0 unspecified atom stereocenters. The van der Waals surface area contributed by atoms with E-state index in [9.17, 15) is 14.9 Å². The number of ether oxygens (including phenoxy) is 1. The first-order chi connectivity index (χ1) is 11.0. The van der Waals surface area contributed by atoms with Crippen LogP contribution >= 0.6 is 0 Å². The number of nitro benzene ring substituents is 1. The number of hydrogen-bond donors (Lipinski definition) is 1. The molecule has 23 heavy (non-hydrogen) atoms. The Labute approximate surface area is 135 Å². The van der Waals surface area contributed by atoms with Crippen LogP contribution in [-0.4, -0.2) is 48.5 Å². The lowest BCUT2D eigenvalue weighted by molar-refractivity contribution is -0.384. The van der Waals surface area contributed by atoms with Crippen molar-refractivity contribution in [2.75, 3.05) is 32.8 Å². The number of piperidine rings is 1. The molecule has 1 aromatic rings. The molecule has 7 nitrogen and oxygen atoms in total. The molecular formula is C16H23N3O4. The minimum Gasteiger partial charge on any atom is -0.484 e. The monoisotopic (exact) mass is 321 g/mol. The highest BCUT2D eigenvalue weighted by Crippen LogP contribution is 2.18. The van der Waals surface area contributed by atoms with Gasteiger partial charge in [0.05, 0.1) is 11.0 Å². The van der Waals surface area contributed by atoms with Crippen LogP contribution in [0.25, 0.3) is 0 Å². The van der Waals surface area contributed by atoms with Crippen LogP contribution in [0, 0.1) is 16.0 Å². The van der Waals surface area contributed by atoms with Crippen molar-refractivity contribution in [3.8, 4) is 5.75 Å². The largest absolute Gasteiger partial charge is 0.484 e. The van der Waals surface area contributed by atoms with Crippen LogP contribution in [0.3, 0.4) is 0 Å². The van der Waals surface area contributed by atoms with Gasteiger partial charge in [-0.25, -0.2) is 0 Å². The second kappa shape index (κ2) is 8.47. The first kappa shape index (κ1) is 17.2. The number of hydrogen-bond acceptors (Lipinski definition) is 5. The van der Waals surface area contributed by atoms with Gasteiger partial charge in [0.1, 0.15) is 5.75 Å². The van der Waals surface area contributed by atoms with Gasteiger partial charge in [0.15, 0.2) is 6.61 Å². The molecule has 1 aliphatic heterocycles. The molecule has 126 valence electrons. The molecule has 7 heteroatoms. The average molecular weight is 321 g/mol. The van der Waals surface area contributed by atoms with Crippen molar-refractivity contribution in [2.24, 2.45) is 5.92 Å². The van der Waals surface area contributed by atoms with E-state index in [1.165, 1.54) is 31.0 Å². The molecule has 2 rings (SSSR count). The molecule has 0 bridgehead atoms. The van der Waals surface area contributed by atoms with Gasteiger partial charge in [0.25, 0.3) is 11.6 Å². The third kappa shape index (κ3) is 5.86. The number of nitro groups is 1. The molecule has 0 saturated carbocycles. The van der Waals surface area contributed by atoms with Gasteiger partial charge in [-0.05, 0) is 37.9 Å². The fraction of sp³-hybridized carbons (Fsp3) is 0.562. The smallest absolute Gasteiger partial charge is 0.273 e. The van der Waals surface area contributed by atoms with Crippen molar-refractivity contribution in [1.29, 1.82) is 0 Å². The molecule has 1 N–H and O–H groups in total. The van der Waals surface area contributed by atoms with Crippen molar-refractivity contribution in [3.63, 3.8) is 0 Å². The van der Waals surface area contributed by atoms with Gasteiger partial charge in [0, 0.05) is 19.2 Å². The van der Waals surface area contributed by atoms with Crippen LogP contribution in [0.15, 0.2) is 24.3 Å². The summed E-state index contributed by atoms with van der Waals surface area (Å²) in [6.45, 7) is 5.73. The Bertz CT molecular complexity index is 542. The maximum atomic E-state index is 11.7. The van der Waals surface area contributed by atoms with E-state index in [4.69, 9.17) is 4.74 Å². The number of amides is 1. The number of carbonyl (C=O) groups is 1. The summed E-state index contributed by atoms with van der Waals surface area (Å²) in [7, 11) is 0. The summed E-state index contributed by atoms with van der Waals surface area (Å²) < 4.78 is 5.29. The van der Waals surface area contributed by atoms with Gasteiger partial charge in [-0.3, -0.25) is 14.9 Å². The second-order valence-corrected chi connectivity index (χ2v) is 5.92. The Hall–Kier alpha value is -2.15. The summed E-state index contributed by atoms with van der Waals surface area (Å²) in [6.07, 6.45) is 2.42. The lowest BCUT2D eigenvalue weighted by Crippen LogP contribution is -2.40. The molecule has 1 fully saturated rings. The zero-order valence-corrected chi connectivity index (χ0v) is 13.4.